The molecule has 1 atom stereocenters. The van der Waals surface area contributed by atoms with Crippen LogP contribution in [0.2, 0.25) is 0 Å². The van der Waals surface area contributed by atoms with Crippen LogP contribution in [0.4, 0.5) is 0 Å². The average molecular weight is 317 g/mol. The van der Waals surface area contributed by atoms with Gasteiger partial charge in [0.15, 0.2) is 5.82 Å². The van der Waals surface area contributed by atoms with Gasteiger partial charge in [0.25, 0.3) is 5.56 Å². The van der Waals surface area contributed by atoms with E-state index in [9.17, 15) is 4.79 Å². The summed E-state index contributed by atoms with van der Waals surface area (Å²) in [5.74, 6) is 1.37. The predicted molar refractivity (Wildman–Crippen MR) is 86.2 cm³/mol. The Morgan fingerprint density at radius 2 is 2.00 bits per heavy atom. The van der Waals surface area contributed by atoms with Gasteiger partial charge in [0.1, 0.15) is 0 Å². The summed E-state index contributed by atoms with van der Waals surface area (Å²) in [4.78, 5) is 20.8. The van der Waals surface area contributed by atoms with Crippen LogP contribution in [0.3, 0.4) is 0 Å². The largest absolute Gasteiger partial charge is 0.338 e. The molecule has 0 radical (unpaired) electrons. The van der Waals surface area contributed by atoms with Crippen molar-refractivity contribution >= 4 is 0 Å². The zero-order valence-electron chi connectivity index (χ0n) is 13.7. The third-order valence-corrected chi connectivity index (χ3v) is 4.41. The van der Waals surface area contributed by atoms with Crippen LogP contribution in [-0.4, -0.2) is 57.2 Å². The summed E-state index contributed by atoms with van der Waals surface area (Å²) < 4.78 is 7.03. The lowest BCUT2D eigenvalue weighted by molar-refractivity contribution is 0.0863. The summed E-state index contributed by atoms with van der Waals surface area (Å²) in [6.45, 7) is 9.47. The second-order valence-electron chi connectivity index (χ2n) is 5.97. The molecule has 0 N–H and O–H groups in total. The second kappa shape index (κ2) is 7.06. The number of pyridine rings is 1. The molecule has 0 spiro atoms. The first-order chi connectivity index (χ1) is 11.1. The molecule has 23 heavy (non-hydrogen) atoms. The molecule has 1 fully saturated rings. The third-order valence-electron chi connectivity index (χ3n) is 4.41. The minimum Gasteiger partial charge on any atom is -0.338 e. The van der Waals surface area contributed by atoms with Gasteiger partial charge in [-0.05, 0) is 19.9 Å². The maximum Gasteiger partial charge on any atom is 0.250 e. The highest BCUT2D eigenvalue weighted by atomic mass is 16.5. The van der Waals surface area contributed by atoms with Crippen LogP contribution >= 0.6 is 0 Å². The number of nitrogens with zero attached hydrogens (tertiary/aromatic N) is 5. The van der Waals surface area contributed by atoms with Crippen molar-refractivity contribution in [2.45, 2.75) is 26.4 Å². The topological polar surface area (TPSA) is 67.4 Å². The second-order valence-corrected chi connectivity index (χ2v) is 5.97. The maximum absolute atomic E-state index is 11.7. The minimum absolute atomic E-state index is 0.0616. The van der Waals surface area contributed by atoms with Crippen LogP contribution < -0.4 is 5.56 Å². The van der Waals surface area contributed by atoms with Crippen molar-refractivity contribution in [3.8, 4) is 0 Å². The van der Waals surface area contributed by atoms with Gasteiger partial charge in [0.2, 0.25) is 5.89 Å². The molecule has 0 bridgehead atoms. The Morgan fingerprint density at radius 1 is 1.22 bits per heavy atom. The van der Waals surface area contributed by atoms with Gasteiger partial charge in [-0.15, -0.1) is 0 Å². The van der Waals surface area contributed by atoms with E-state index in [1.54, 1.807) is 16.7 Å². The van der Waals surface area contributed by atoms with Crippen LogP contribution in [0.15, 0.2) is 33.7 Å². The van der Waals surface area contributed by atoms with Crippen molar-refractivity contribution in [3.63, 3.8) is 0 Å². The summed E-state index contributed by atoms with van der Waals surface area (Å²) in [7, 11) is 0. The third kappa shape index (κ3) is 3.86. The smallest absolute Gasteiger partial charge is 0.250 e. The molecule has 3 rings (SSSR count). The Hall–Kier alpha value is -1.99. The van der Waals surface area contributed by atoms with Gasteiger partial charge in [-0.25, -0.2) is 0 Å². The molecule has 1 saturated heterocycles. The fourth-order valence-corrected chi connectivity index (χ4v) is 2.91. The first-order valence-electron chi connectivity index (χ1n) is 8.05. The molecule has 1 aliphatic heterocycles. The van der Waals surface area contributed by atoms with Crippen molar-refractivity contribution in [2.75, 3.05) is 32.7 Å². The molecule has 0 saturated carbocycles. The Labute approximate surface area is 135 Å². The van der Waals surface area contributed by atoms with Crippen molar-refractivity contribution in [3.05, 3.63) is 46.5 Å². The first kappa shape index (κ1) is 15.9. The minimum atomic E-state index is 0.0616. The highest BCUT2D eigenvalue weighted by Gasteiger charge is 2.25. The first-order valence-corrected chi connectivity index (χ1v) is 8.05. The molecular weight excluding hydrogens is 294 g/mol. The summed E-state index contributed by atoms with van der Waals surface area (Å²) in [5.41, 5.74) is 0.0616. The molecule has 124 valence electrons. The van der Waals surface area contributed by atoms with Crippen molar-refractivity contribution in [1.29, 1.82) is 0 Å². The van der Waals surface area contributed by atoms with Crippen molar-refractivity contribution in [2.24, 2.45) is 0 Å². The number of piperazine rings is 1. The van der Waals surface area contributed by atoms with E-state index in [0.29, 0.717) is 11.7 Å². The summed E-state index contributed by atoms with van der Waals surface area (Å²) >= 11 is 0. The zero-order valence-corrected chi connectivity index (χ0v) is 13.7. The van der Waals surface area contributed by atoms with Gasteiger partial charge in [-0.1, -0.05) is 11.2 Å². The Bertz CT molecular complexity index is 688. The number of aromatic nitrogens is 3. The molecule has 0 amide bonds. The van der Waals surface area contributed by atoms with E-state index >= 15 is 0 Å². The van der Waals surface area contributed by atoms with Gasteiger partial charge < -0.3 is 9.09 Å². The Balaban J connectivity index is 1.49. The summed E-state index contributed by atoms with van der Waals surface area (Å²) in [5, 5.41) is 3.86. The standard InChI is InChI=1S/C16H23N5O2/c1-13(16-17-14(2)18-23-16)20-10-7-19(8-11-20)9-12-21-6-4-3-5-15(21)22/h3-6,13H,7-12H2,1-2H3/t13-/m0/s1. The average Bonchev–Trinajstić information content (AvgIpc) is 3.00. The molecule has 1 aliphatic rings. The quantitative estimate of drug-likeness (QED) is 0.817. The van der Waals surface area contributed by atoms with E-state index in [0.717, 1.165) is 39.3 Å². The van der Waals surface area contributed by atoms with Crippen LogP contribution in [0, 0.1) is 6.92 Å². The summed E-state index contributed by atoms with van der Waals surface area (Å²) in [6, 6.07) is 5.42. The van der Waals surface area contributed by atoms with Gasteiger partial charge in [0, 0.05) is 51.5 Å². The fourth-order valence-electron chi connectivity index (χ4n) is 2.91. The molecule has 3 heterocycles. The Morgan fingerprint density at radius 3 is 2.65 bits per heavy atom. The fraction of sp³-hybridized carbons (Fsp3) is 0.562. The molecule has 0 aromatic carbocycles. The lowest BCUT2D eigenvalue weighted by atomic mass is 10.2. The van der Waals surface area contributed by atoms with Gasteiger partial charge in [0.05, 0.1) is 6.04 Å². The molecule has 0 unspecified atom stereocenters. The van der Waals surface area contributed by atoms with Crippen LogP contribution in [0.5, 0.6) is 0 Å². The number of hydrogen-bond donors (Lipinski definition) is 0. The molecular formula is C16H23N5O2. The monoisotopic (exact) mass is 317 g/mol. The molecule has 2 aromatic heterocycles. The lowest BCUT2D eigenvalue weighted by Gasteiger charge is -2.36. The number of aryl methyl sites for hydroxylation is 1. The normalized spacial score (nSPS) is 18.2. The van der Waals surface area contributed by atoms with Crippen molar-refractivity contribution < 1.29 is 4.52 Å². The maximum atomic E-state index is 11.7. The van der Waals surface area contributed by atoms with Crippen molar-refractivity contribution in [1.82, 2.24) is 24.5 Å². The lowest BCUT2D eigenvalue weighted by Crippen LogP contribution is -2.48. The van der Waals surface area contributed by atoms with Crippen LogP contribution in [-0.2, 0) is 6.54 Å². The van der Waals surface area contributed by atoms with Gasteiger partial charge in [-0.3, -0.25) is 14.6 Å². The van der Waals surface area contributed by atoms with E-state index < -0.39 is 0 Å². The highest BCUT2D eigenvalue weighted by molar-refractivity contribution is 4.94. The van der Waals surface area contributed by atoms with E-state index in [2.05, 4.69) is 26.9 Å². The molecule has 7 heteroatoms. The highest BCUT2D eigenvalue weighted by Crippen LogP contribution is 2.19. The van der Waals surface area contributed by atoms with Gasteiger partial charge in [-0.2, -0.15) is 4.98 Å². The number of hydrogen-bond acceptors (Lipinski definition) is 6. The van der Waals surface area contributed by atoms with E-state index in [-0.39, 0.29) is 11.6 Å². The molecule has 7 nitrogen and oxygen atoms in total. The zero-order chi connectivity index (χ0) is 16.2. The summed E-state index contributed by atoms with van der Waals surface area (Å²) in [6.07, 6.45) is 1.85. The molecule has 2 aromatic rings. The Kier molecular flexibility index (Phi) is 4.88. The number of rotatable bonds is 5. The van der Waals surface area contributed by atoms with E-state index in [4.69, 9.17) is 4.52 Å². The predicted octanol–water partition coefficient (Wildman–Crippen LogP) is 0.919. The SMILES string of the molecule is Cc1noc([C@H](C)N2CCN(CCn3ccccc3=O)CC2)n1. The van der Waals surface area contributed by atoms with Crippen LogP contribution in [0.25, 0.3) is 0 Å². The van der Waals surface area contributed by atoms with E-state index in [1.807, 2.05) is 19.2 Å². The van der Waals surface area contributed by atoms with Crippen LogP contribution in [0.1, 0.15) is 24.7 Å². The molecule has 0 aliphatic carbocycles. The van der Waals surface area contributed by atoms with Gasteiger partial charge >= 0.3 is 0 Å². The van der Waals surface area contributed by atoms with E-state index in [1.165, 1.54) is 0 Å².